The van der Waals surface area contributed by atoms with E-state index in [0.29, 0.717) is 12.6 Å². The molecule has 2 heterocycles. The molecule has 1 aliphatic rings. The molecule has 5 heteroatoms. The van der Waals surface area contributed by atoms with Gasteiger partial charge in [-0.05, 0) is 25.3 Å². The van der Waals surface area contributed by atoms with E-state index in [9.17, 15) is 0 Å². The van der Waals surface area contributed by atoms with Crippen LogP contribution in [0.15, 0.2) is 12.4 Å². The Morgan fingerprint density at radius 3 is 2.82 bits per heavy atom. The van der Waals surface area contributed by atoms with Gasteiger partial charge in [0.05, 0.1) is 6.61 Å². The van der Waals surface area contributed by atoms with Crippen LogP contribution in [0.25, 0.3) is 0 Å². The number of ether oxygens (including phenoxy) is 1. The monoisotopic (exact) mass is 237 g/mol. The van der Waals surface area contributed by atoms with Gasteiger partial charge in [0.25, 0.3) is 0 Å². The van der Waals surface area contributed by atoms with E-state index in [1.807, 2.05) is 6.92 Å². The van der Waals surface area contributed by atoms with Crippen molar-refractivity contribution < 1.29 is 9.84 Å². The number of hydrogen-bond donors (Lipinski definition) is 2. The van der Waals surface area contributed by atoms with Crippen LogP contribution >= 0.6 is 0 Å². The van der Waals surface area contributed by atoms with Crippen molar-refractivity contribution in [3.63, 3.8) is 0 Å². The van der Waals surface area contributed by atoms with Crippen LogP contribution in [0.1, 0.15) is 18.4 Å². The van der Waals surface area contributed by atoms with Crippen LogP contribution in [0.5, 0.6) is 0 Å². The minimum Gasteiger partial charge on any atom is -0.396 e. The molecule has 0 amide bonds. The summed E-state index contributed by atoms with van der Waals surface area (Å²) in [4.78, 5) is 8.41. The molecule has 0 bridgehead atoms. The largest absolute Gasteiger partial charge is 0.396 e. The highest BCUT2D eigenvalue weighted by Crippen LogP contribution is 2.32. The second-order valence-corrected chi connectivity index (χ2v) is 4.71. The normalized spacial score (nSPS) is 23.9. The van der Waals surface area contributed by atoms with Crippen LogP contribution in [0.3, 0.4) is 0 Å². The number of aryl methyl sites for hydroxylation is 1. The van der Waals surface area contributed by atoms with Gasteiger partial charge < -0.3 is 15.2 Å². The first-order chi connectivity index (χ1) is 8.24. The average molecular weight is 237 g/mol. The Balaban J connectivity index is 1.93. The maximum absolute atomic E-state index is 9.11. The lowest BCUT2D eigenvalue weighted by Crippen LogP contribution is -2.31. The van der Waals surface area contributed by atoms with Crippen LogP contribution < -0.4 is 5.32 Å². The molecule has 1 aliphatic heterocycles. The molecule has 94 valence electrons. The molecule has 0 spiro atoms. The first-order valence-electron chi connectivity index (χ1n) is 5.95. The molecule has 1 fully saturated rings. The van der Waals surface area contributed by atoms with E-state index in [0.717, 1.165) is 31.6 Å². The van der Waals surface area contributed by atoms with E-state index in [4.69, 9.17) is 9.84 Å². The maximum Gasteiger partial charge on any atom is 0.222 e. The summed E-state index contributed by atoms with van der Waals surface area (Å²) >= 11 is 0. The lowest BCUT2D eigenvalue weighted by atomic mass is 9.84. The summed E-state index contributed by atoms with van der Waals surface area (Å²) in [6.45, 7) is 4.38. The van der Waals surface area contributed by atoms with E-state index >= 15 is 0 Å². The van der Waals surface area contributed by atoms with Gasteiger partial charge in [-0.2, -0.15) is 0 Å². The molecule has 0 radical (unpaired) electrons. The van der Waals surface area contributed by atoms with Gasteiger partial charge in [0, 0.05) is 37.6 Å². The predicted octanol–water partition coefficient (Wildman–Crippen LogP) is 0.986. The topological polar surface area (TPSA) is 67.3 Å². The first-order valence-corrected chi connectivity index (χ1v) is 5.95. The molecule has 1 aromatic rings. The summed E-state index contributed by atoms with van der Waals surface area (Å²) in [5, 5.41) is 12.3. The lowest BCUT2D eigenvalue weighted by Gasteiger charge is -2.26. The molecule has 2 rings (SSSR count). The summed E-state index contributed by atoms with van der Waals surface area (Å²) < 4.78 is 5.43. The van der Waals surface area contributed by atoms with Crippen molar-refractivity contribution in [3.8, 4) is 0 Å². The summed E-state index contributed by atoms with van der Waals surface area (Å²) in [5.74, 6) is 0.639. The fourth-order valence-corrected chi connectivity index (χ4v) is 2.06. The van der Waals surface area contributed by atoms with Gasteiger partial charge in [-0.1, -0.05) is 0 Å². The van der Waals surface area contributed by atoms with E-state index in [-0.39, 0.29) is 12.0 Å². The van der Waals surface area contributed by atoms with Crippen molar-refractivity contribution >= 4 is 5.95 Å². The average Bonchev–Trinajstić information content (AvgIpc) is 2.78. The van der Waals surface area contributed by atoms with E-state index in [1.54, 1.807) is 12.4 Å². The second-order valence-electron chi connectivity index (χ2n) is 4.71. The molecular weight excluding hydrogens is 218 g/mol. The predicted molar refractivity (Wildman–Crippen MR) is 64.8 cm³/mol. The number of aliphatic hydroxyl groups excluding tert-OH is 1. The molecular formula is C12H19N3O2. The quantitative estimate of drug-likeness (QED) is 0.799. The van der Waals surface area contributed by atoms with Gasteiger partial charge >= 0.3 is 0 Å². The summed E-state index contributed by atoms with van der Waals surface area (Å²) in [6, 6.07) is 0. The third kappa shape index (κ3) is 3.14. The third-order valence-electron chi connectivity index (χ3n) is 3.23. The number of hydrogen-bond acceptors (Lipinski definition) is 5. The summed E-state index contributed by atoms with van der Waals surface area (Å²) in [7, 11) is 0. The molecule has 5 nitrogen and oxygen atoms in total. The highest BCUT2D eigenvalue weighted by Gasteiger charge is 2.34. The second kappa shape index (κ2) is 5.42. The van der Waals surface area contributed by atoms with Crippen LogP contribution in [0, 0.1) is 12.3 Å². The first kappa shape index (κ1) is 12.3. The van der Waals surface area contributed by atoms with E-state index in [1.165, 1.54) is 0 Å². The Hall–Kier alpha value is -1.20. The SMILES string of the molecule is Cc1cnc(NCC2(CCO)CCOC2)nc1. The smallest absolute Gasteiger partial charge is 0.222 e. The Morgan fingerprint density at radius 1 is 1.47 bits per heavy atom. The maximum atomic E-state index is 9.11. The van der Waals surface area contributed by atoms with Gasteiger partial charge in [0.15, 0.2) is 0 Å². The van der Waals surface area contributed by atoms with E-state index < -0.39 is 0 Å². The van der Waals surface area contributed by atoms with Gasteiger partial charge in [-0.25, -0.2) is 9.97 Å². The van der Waals surface area contributed by atoms with Gasteiger partial charge in [0.2, 0.25) is 5.95 Å². The van der Waals surface area contributed by atoms with Crippen molar-refractivity contribution in [3.05, 3.63) is 18.0 Å². The van der Waals surface area contributed by atoms with Gasteiger partial charge in [0.1, 0.15) is 0 Å². The highest BCUT2D eigenvalue weighted by atomic mass is 16.5. The number of aromatic nitrogens is 2. The molecule has 2 N–H and O–H groups in total. The molecule has 1 aromatic heterocycles. The number of aliphatic hydroxyl groups is 1. The fourth-order valence-electron chi connectivity index (χ4n) is 2.06. The Morgan fingerprint density at radius 2 is 2.24 bits per heavy atom. The zero-order valence-corrected chi connectivity index (χ0v) is 10.1. The molecule has 1 atom stereocenters. The highest BCUT2D eigenvalue weighted by molar-refractivity contribution is 5.25. The Labute approximate surface area is 101 Å². The number of nitrogens with one attached hydrogen (secondary N) is 1. The van der Waals surface area contributed by atoms with Crippen molar-refractivity contribution in [1.82, 2.24) is 9.97 Å². The molecule has 0 aliphatic carbocycles. The third-order valence-corrected chi connectivity index (χ3v) is 3.23. The van der Waals surface area contributed by atoms with Crippen molar-refractivity contribution in [2.24, 2.45) is 5.41 Å². The fraction of sp³-hybridized carbons (Fsp3) is 0.667. The summed E-state index contributed by atoms with van der Waals surface area (Å²) in [5.41, 5.74) is 1.08. The number of rotatable bonds is 5. The minimum absolute atomic E-state index is 0.0308. The van der Waals surface area contributed by atoms with Crippen molar-refractivity contribution in [2.45, 2.75) is 19.8 Å². The minimum atomic E-state index is 0.0308. The van der Waals surface area contributed by atoms with Crippen molar-refractivity contribution in [1.29, 1.82) is 0 Å². The summed E-state index contributed by atoms with van der Waals surface area (Å²) in [6.07, 6.45) is 5.32. The van der Waals surface area contributed by atoms with E-state index in [2.05, 4.69) is 15.3 Å². The van der Waals surface area contributed by atoms with Gasteiger partial charge in [-0.15, -0.1) is 0 Å². The van der Waals surface area contributed by atoms with Crippen LogP contribution in [0.2, 0.25) is 0 Å². The zero-order valence-electron chi connectivity index (χ0n) is 10.1. The molecule has 0 aromatic carbocycles. The van der Waals surface area contributed by atoms with Gasteiger partial charge in [-0.3, -0.25) is 0 Å². The van der Waals surface area contributed by atoms with Crippen LogP contribution in [-0.2, 0) is 4.74 Å². The van der Waals surface area contributed by atoms with Crippen LogP contribution in [-0.4, -0.2) is 41.4 Å². The standard InChI is InChI=1S/C12H19N3O2/c1-10-6-13-11(14-7-10)15-8-12(2-4-16)3-5-17-9-12/h6-7,16H,2-5,8-9H2,1H3,(H,13,14,15). The molecule has 17 heavy (non-hydrogen) atoms. The van der Waals surface area contributed by atoms with Crippen molar-refractivity contribution in [2.75, 3.05) is 31.7 Å². The lowest BCUT2D eigenvalue weighted by molar-refractivity contribution is 0.133. The number of nitrogens with zero attached hydrogens (tertiary/aromatic N) is 2. The van der Waals surface area contributed by atoms with Crippen LogP contribution in [0.4, 0.5) is 5.95 Å². The Bertz CT molecular complexity index is 347. The molecule has 1 saturated heterocycles. The Kier molecular flexibility index (Phi) is 3.91. The molecule has 1 unspecified atom stereocenters. The molecule has 0 saturated carbocycles. The zero-order chi connectivity index (χ0) is 12.1. The number of anilines is 1.